The molecule has 0 bridgehead atoms. The minimum Gasteiger partial charge on any atom is -0.0654 e. The lowest BCUT2D eigenvalue weighted by molar-refractivity contribution is 0.234. The second-order valence-electron chi connectivity index (χ2n) is 6.41. The summed E-state index contributed by atoms with van der Waals surface area (Å²) in [6.07, 6.45) is 9.87. The molecule has 0 aromatic carbocycles. The third-order valence-corrected chi connectivity index (χ3v) is 4.52. The minimum atomic E-state index is 0.861. The smallest absolute Gasteiger partial charge is 0.0386 e. The Labute approximate surface area is 111 Å². The topological polar surface area (TPSA) is 0 Å². The standard InChI is InChI=1S/C17H36/c1-7-10-11-16(9-3)13-17(14(4)5)12-15(6)8-2/h14-17H,7-13H2,1-6H3. The fourth-order valence-corrected chi connectivity index (χ4v) is 2.73. The maximum absolute atomic E-state index is 2.42. The first-order valence-electron chi connectivity index (χ1n) is 8.04. The van der Waals surface area contributed by atoms with Crippen LogP contribution in [0.25, 0.3) is 0 Å². The molecule has 0 fully saturated rings. The fraction of sp³-hybridized carbons (Fsp3) is 1.00. The van der Waals surface area contributed by atoms with Crippen molar-refractivity contribution in [2.24, 2.45) is 23.7 Å². The van der Waals surface area contributed by atoms with E-state index in [0.717, 1.165) is 23.7 Å². The number of hydrogen-bond donors (Lipinski definition) is 0. The van der Waals surface area contributed by atoms with Gasteiger partial charge in [-0.15, -0.1) is 0 Å². The van der Waals surface area contributed by atoms with Gasteiger partial charge in [0.1, 0.15) is 0 Å². The first-order chi connectivity index (χ1) is 8.04. The Bertz CT molecular complexity index is 159. The van der Waals surface area contributed by atoms with Crippen LogP contribution in [0.1, 0.15) is 86.5 Å². The summed E-state index contributed by atoms with van der Waals surface area (Å²) in [5, 5.41) is 0. The minimum absolute atomic E-state index is 0.861. The number of rotatable bonds is 10. The van der Waals surface area contributed by atoms with Crippen LogP contribution in [0.4, 0.5) is 0 Å². The third-order valence-electron chi connectivity index (χ3n) is 4.52. The van der Waals surface area contributed by atoms with E-state index in [0.29, 0.717) is 0 Å². The van der Waals surface area contributed by atoms with Gasteiger partial charge in [0.25, 0.3) is 0 Å². The lowest BCUT2D eigenvalue weighted by Gasteiger charge is -2.28. The summed E-state index contributed by atoms with van der Waals surface area (Å²) in [5.74, 6) is 3.70. The Morgan fingerprint density at radius 1 is 0.824 bits per heavy atom. The summed E-state index contributed by atoms with van der Waals surface area (Å²) in [7, 11) is 0. The Balaban J connectivity index is 4.19. The Morgan fingerprint density at radius 3 is 1.88 bits per heavy atom. The monoisotopic (exact) mass is 240 g/mol. The van der Waals surface area contributed by atoms with Gasteiger partial charge in [0.05, 0.1) is 0 Å². The van der Waals surface area contributed by atoms with E-state index in [2.05, 4.69) is 41.5 Å². The van der Waals surface area contributed by atoms with Crippen LogP contribution in [0.2, 0.25) is 0 Å². The van der Waals surface area contributed by atoms with Crippen molar-refractivity contribution >= 4 is 0 Å². The van der Waals surface area contributed by atoms with Crippen LogP contribution >= 0.6 is 0 Å². The van der Waals surface area contributed by atoms with Crippen LogP contribution in [0.15, 0.2) is 0 Å². The van der Waals surface area contributed by atoms with Crippen molar-refractivity contribution in [3.63, 3.8) is 0 Å². The predicted molar refractivity (Wildman–Crippen MR) is 80.3 cm³/mol. The van der Waals surface area contributed by atoms with Gasteiger partial charge < -0.3 is 0 Å². The van der Waals surface area contributed by atoms with Gasteiger partial charge in [0.15, 0.2) is 0 Å². The molecule has 0 aliphatic carbocycles. The molecule has 0 aliphatic heterocycles. The van der Waals surface area contributed by atoms with E-state index < -0.39 is 0 Å². The highest BCUT2D eigenvalue weighted by molar-refractivity contribution is 4.71. The Hall–Kier alpha value is 0. The third kappa shape index (κ3) is 7.84. The van der Waals surface area contributed by atoms with E-state index in [9.17, 15) is 0 Å². The summed E-state index contributed by atoms with van der Waals surface area (Å²) < 4.78 is 0. The molecule has 0 aliphatic rings. The lowest BCUT2D eigenvalue weighted by atomic mass is 9.78. The molecule has 0 saturated carbocycles. The summed E-state index contributed by atoms with van der Waals surface area (Å²) in [5.41, 5.74) is 0. The summed E-state index contributed by atoms with van der Waals surface area (Å²) in [4.78, 5) is 0. The normalized spacial score (nSPS) is 17.1. The summed E-state index contributed by atoms with van der Waals surface area (Å²) >= 11 is 0. The average Bonchev–Trinajstić information content (AvgIpc) is 2.32. The van der Waals surface area contributed by atoms with Gasteiger partial charge in [-0.2, -0.15) is 0 Å². The van der Waals surface area contributed by atoms with Gasteiger partial charge >= 0.3 is 0 Å². The zero-order valence-electron chi connectivity index (χ0n) is 13.3. The maximum Gasteiger partial charge on any atom is -0.0386 e. The highest BCUT2D eigenvalue weighted by Crippen LogP contribution is 2.31. The highest BCUT2D eigenvalue weighted by Gasteiger charge is 2.20. The molecule has 3 atom stereocenters. The van der Waals surface area contributed by atoms with Crippen molar-refractivity contribution in [3.8, 4) is 0 Å². The zero-order chi connectivity index (χ0) is 13.3. The Kier molecular flexibility index (Phi) is 9.97. The molecule has 0 saturated heterocycles. The largest absolute Gasteiger partial charge is 0.0654 e. The molecule has 3 unspecified atom stereocenters. The molecule has 0 N–H and O–H groups in total. The number of unbranched alkanes of at least 4 members (excludes halogenated alkanes) is 1. The molecule has 0 nitrogen and oxygen atoms in total. The predicted octanol–water partition coefficient (Wildman–Crippen LogP) is 6.30. The van der Waals surface area contributed by atoms with Gasteiger partial charge in [-0.3, -0.25) is 0 Å². The van der Waals surface area contributed by atoms with Crippen molar-refractivity contribution in [2.75, 3.05) is 0 Å². The maximum atomic E-state index is 2.42. The Morgan fingerprint density at radius 2 is 1.47 bits per heavy atom. The fourth-order valence-electron chi connectivity index (χ4n) is 2.73. The van der Waals surface area contributed by atoms with E-state index >= 15 is 0 Å². The van der Waals surface area contributed by atoms with E-state index in [1.54, 1.807) is 0 Å². The second kappa shape index (κ2) is 9.97. The van der Waals surface area contributed by atoms with Crippen LogP contribution in [-0.2, 0) is 0 Å². The molecule has 17 heavy (non-hydrogen) atoms. The summed E-state index contributed by atoms with van der Waals surface area (Å²) in [6.45, 7) is 14.3. The zero-order valence-corrected chi connectivity index (χ0v) is 13.3. The number of hydrogen-bond acceptors (Lipinski definition) is 0. The average molecular weight is 240 g/mol. The van der Waals surface area contributed by atoms with E-state index in [1.165, 1.54) is 44.9 Å². The highest BCUT2D eigenvalue weighted by atomic mass is 14.3. The second-order valence-corrected chi connectivity index (χ2v) is 6.41. The first-order valence-corrected chi connectivity index (χ1v) is 8.04. The molecular weight excluding hydrogens is 204 g/mol. The molecule has 0 aromatic heterocycles. The van der Waals surface area contributed by atoms with Crippen LogP contribution in [-0.4, -0.2) is 0 Å². The molecule has 0 aromatic rings. The van der Waals surface area contributed by atoms with Crippen molar-refractivity contribution in [1.29, 1.82) is 0 Å². The molecule has 0 spiro atoms. The first kappa shape index (κ1) is 17.0. The molecule has 0 heterocycles. The van der Waals surface area contributed by atoms with Crippen molar-refractivity contribution in [2.45, 2.75) is 86.5 Å². The van der Waals surface area contributed by atoms with Gasteiger partial charge in [0, 0.05) is 0 Å². The van der Waals surface area contributed by atoms with Crippen LogP contribution in [0.3, 0.4) is 0 Å². The van der Waals surface area contributed by atoms with Crippen molar-refractivity contribution in [1.82, 2.24) is 0 Å². The van der Waals surface area contributed by atoms with Crippen LogP contribution in [0.5, 0.6) is 0 Å². The molecule has 0 amide bonds. The van der Waals surface area contributed by atoms with E-state index in [1.807, 2.05) is 0 Å². The molecule has 0 radical (unpaired) electrons. The quantitative estimate of drug-likeness (QED) is 0.420. The van der Waals surface area contributed by atoms with Crippen molar-refractivity contribution in [3.05, 3.63) is 0 Å². The molecule has 0 heteroatoms. The SMILES string of the molecule is CCCCC(CC)CC(CC(C)CC)C(C)C. The van der Waals surface area contributed by atoms with Crippen molar-refractivity contribution < 1.29 is 0 Å². The van der Waals surface area contributed by atoms with Gasteiger partial charge in [-0.05, 0) is 36.5 Å². The van der Waals surface area contributed by atoms with Gasteiger partial charge in [-0.1, -0.05) is 73.6 Å². The molecule has 104 valence electrons. The summed E-state index contributed by atoms with van der Waals surface area (Å²) in [6, 6.07) is 0. The molecular formula is C17H36. The van der Waals surface area contributed by atoms with Gasteiger partial charge in [-0.25, -0.2) is 0 Å². The molecule has 0 rings (SSSR count). The van der Waals surface area contributed by atoms with Gasteiger partial charge in [0.2, 0.25) is 0 Å². The van der Waals surface area contributed by atoms with Crippen LogP contribution < -0.4 is 0 Å². The van der Waals surface area contributed by atoms with E-state index in [4.69, 9.17) is 0 Å². The lowest BCUT2D eigenvalue weighted by Crippen LogP contribution is -2.17. The van der Waals surface area contributed by atoms with E-state index in [-0.39, 0.29) is 0 Å². The van der Waals surface area contributed by atoms with Crippen LogP contribution in [0, 0.1) is 23.7 Å².